The topological polar surface area (TPSA) is 35.5 Å². The van der Waals surface area contributed by atoms with Crippen molar-refractivity contribution in [2.45, 2.75) is 44.9 Å². The van der Waals surface area contributed by atoms with Crippen LogP contribution in [0.1, 0.15) is 49.1 Å². The third kappa shape index (κ3) is 5.81. The Labute approximate surface area is 209 Å². The van der Waals surface area contributed by atoms with Gasteiger partial charge in [0.15, 0.2) is 23.2 Å². The number of halogens is 3. The van der Waals surface area contributed by atoms with Crippen molar-refractivity contribution in [3.63, 3.8) is 0 Å². The summed E-state index contributed by atoms with van der Waals surface area (Å²) in [7, 11) is 0. The Kier molecular flexibility index (Phi) is 8.14. The second-order valence-corrected chi connectivity index (χ2v) is 9.18. The molecule has 1 saturated carbocycles. The van der Waals surface area contributed by atoms with Crippen LogP contribution in [0.2, 0.25) is 0 Å². The Bertz CT molecular complexity index is 1230. The number of ether oxygens (including phenoxy) is 2. The molecule has 4 rings (SSSR count). The Balaban J connectivity index is 1.36. The zero-order valence-electron chi connectivity index (χ0n) is 20.2. The van der Waals surface area contributed by atoms with Crippen LogP contribution < -0.4 is 9.47 Å². The third-order valence-electron chi connectivity index (χ3n) is 6.68. The van der Waals surface area contributed by atoms with Gasteiger partial charge in [0.25, 0.3) is 0 Å². The first-order valence-electron chi connectivity index (χ1n) is 12.2. The molecule has 0 saturated heterocycles. The van der Waals surface area contributed by atoms with E-state index in [1.807, 2.05) is 19.1 Å². The van der Waals surface area contributed by atoms with E-state index in [-0.39, 0.29) is 28.9 Å². The van der Waals surface area contributed by atoms with E-state index in [0.717, 1.165) is 11.6 Å². The number of hydrogen-bond donors (Lipinski definition) is 0. The summed E-state index contributed by atoms with van der Waals surface area (Å²) in [6.45, 7) is 5.83. The minimum Gasteiger partial charge on any atom is -0.490 e. The third-order valence-corrected chi connectivity index (χ3v) is 6.68. The van der Waals surface area contributed by atoms with Gasteiger partial charge in [-0.05, 0) is 68.2 Å². The number of aryl methyl sites for hydroxylation is 1. The molecule has 0 heterocycles. The van der Waals surface area contributed by atoms with Crippen LogP contribution in [-0.2, 0) is 4.79 Å². The summed E-state index contributed by atoms with van der Waals surface area (Å²) in [5.41, 5.74) is 2.24. The smallest absolute Gasteiger partial charge is 0.314 e. The number of esters is 1. The summed E-state index contributed by atoms with van der Waals surface area (Å²) >= 11 is 0. The van der Waals surface area contributed by atoms with Gasteiger partial charge in [-0.2, -0.15) is 0 Å². The molecule has 3 nitrogen and oxygen atoms in total. The van der Waals surface area contributed by atoms with Crippen LogP contribution in [0.5, 0.6) is 11.5 Å². The fourth-order valence-corrected chi connectivity index (χ4v) is 4.59. The van der Waals surface area contributed by atoms with E-state index in [1.54, 1.807) is 30.3 Å². The summed E-state index contributed by atoms with van der Waals surface area (Å²) in [5.74, 6) is -3.11. The van der Waals surface area contributed by atoms with Crippen LogP contribution >= 0.6 is 0 Å². The molecule has 36 heavy (non-hydrogen) atoms. The molecular formula is C30H29F3O3. The lowest BCUT2D eigenvalue weighted by molar-refractivity contribution is -0.140. The lowest BCUT2D eigenvalue weighted by Crippen LogP contribution is -2.25. The van der Waals surface area contributed by atoms with Gasteiger partial charge in [0.05, 0.1) is 12.5 Å². The van der Waals surface area contributed by atoms with Gasteiger partial charge in [-0.1, -0.05) is 48.0 Å². The monoisotopic (exact) mass is 494 g/mol. The summed E-state index contributed by atoms with van der Waals surface area (Å²) in [4.78, 5) is 12.6. The molecule has 1 fully saturated rings. The summed E-state index contributed by atoms with van der Waals surface area (Å²) in [6.07, 6.45) is 4.29. The highest BCUT2D eigenvalue weighted by atomic mass is 19.2. The normalized spacial score (nSPS) is 17.4. The Morgan fingerprint density at radius 3 is 2.36 bits per heavy atom. The van der Waals surface area contributed by atoms with Crippen LogP contribution in [0.25, 0.3) is 11.1 Å². The lowest BCUT2D eigenvalue weighted by atomic mass is 9.78. The maximum Gasteiger partial charge on any atom is 0.314 e. The molecule has 0 atom stereocenters. The van der Waals surface area contributed by atoms with E-state index in [2.05, 4.69) is 6.58 Å². The fourth-order valence-electron chi connectivity index (χ4n) is 4.59. The maximum absolute atomic E-state index is 15.0. The molecule has 3 aromatic carbocycles. The standard InChI is InChI=1S/C30H29F3O3/c1-3-4-17-35-27-16-13-23(18-26(27)31)36-30(34)22-11-9-21(10-12-22)25-15-14-24(28(32)29(25)33)20-7-5-19(2)6-8-20/h3,5-8,13-16,18,21-22H,1,4,9-12,17H2,2H3. The first-order chi connectivity index (χ1) is 17.4. The van der Waals surface area contributed by atoms with Crippen molar-refractivity contribution < 1.29 is 27.4 Å². The Morgan fingerprint density at radius 2 is 1.69 bits per heavy atom. The van der Waals surface area contributed by atoms with Crippen molar-refractivity contribution >= 4 is 5.97 Å². The maximum atomic E-state index is 15.0. The van der Waals surface area contributed by atoms with E-state index in [9.17, 15) is 13.6 Å². The minimum absolute atomic E-state index is 0.0832. The Morgan fingerprint density at radius 1 is 0.972 bits per heavy atom. The molecule has 0 bridgehead atoms. The van der Waals surface area contributed by atoms with Crippen molar-refractivity contribution in [3.05, 3.63) is 95.8 Å². The van der Waals surface area contributed by atoms with Crippen LogP contribution in [0.3, 0.4) is 0 Å². The zero-order valence-corrected chi connectivity index (χ0v) is 20.2. The van der Waals surface area contributed by atoms with Gasteiger partial charge in [-0.15, -0.1) is 6.58 Å². The van der Waals surface area contributed by atoms with E-state index in [0.29, 0.717) is 49.8 Å². The highest BCUT2D eigenvalue weighted by Crippen LogP contribution is 2.39. The molecule has 0 N–H and O–H groups in total. The first kappa shape index (κ1) is 25.5. The molecular weight excluding hydrogens is 465 g/mol. The van der Waals surface area contributed by atoms with Gasteiger partial charge in [0.1, 0.15) is 5.75 Å². The van der Waals surface area contributed by atoms with Crippen molar-refractivity contribution in [2.75, 3.05) is 6.61 Å². The summed E-state index contributed by atoms with van der Waals surface area (Å²) < 4.78 is 54.8. The van der Waals surface area contributed by atoms with Crippen LogP contribution in [0.4, 0.5) is 13.2 Å². The number of carbonyl (C=O) groups excluding carboxylic acids is 1. The molecule has 6 heteroatoms. The van der Waals surface area contributed by atoms with Gasteiger partial charge >= 0.3 is 5.97 Å². The van der Waals surface area contributed by atoms with Crippen molar-refractivity contribution in [1.29, 1.82) is 0 Å². The molecule has 0 aliphatic heterocycles. The molecule has 1 aliphatic rings. The van der Waals surface area contributed by atoms with Gasteiger partial charge in [-0.25, -0.2) is 13.2 Å². The lowest BCUT2D eigenvalue weighted by Gasteiger charge is -2.28. The highest BCUT2D eigenvalue weighted by Gasteiger charge is 2.31. The van der Waals surface area contributed by atoms with Gasteiger partial charge in [0.2, 0.25) is 0 Å². The molecule has 188 valence electrons. The number of rotatable bonds is 8. The second kappa shape index (κ2) is 11.5. The van der Waals surface area contributed by atoms with Crippen molar-refractivity contribution in [3.8, 4) is 22.6 Å². The molecule has 0 radical (unpaired) electrons. The predicted octanol–water partition coefficient (Wildman–Crippen LogP) is 7.91. The number of benzene rings is 3. The minimum atomic E-state index is -0.850. The highest BCUT2D eigenvalue weighted by molar-refractivity contribution is 5.75. The summed E-state index contributed by atoms with van der Waals surface area (Å²) in [6, 6.07) is 14.6. The van der Waals surface area contributed by atoms with Crippen LogP contribution in [-0.4, -0.2) is 12.6 Å². The SMILES string of the molecule is C=CCCOc1ccc(OC(=O)C2CCC(c3ccc(-c4ccc(C)cc4)c(F)c3F)CC2)cc1F. The van der Waals surface area contributed by atoms with Gasteiger partial charge in [0, 0.05) is 11.6 Å². The summed E-state index contributed by atoms with van der Waals surface area (Å²) in [5, 5.41) is 0. The first-order valence-corrected chi connectivity index (χ1v) is 12.2. The molecule has 0 amide bonds. The molecule has 0 spiro atoms. The predicted molar refractivity (Wildman–Crippen MR) is 134 cm³/mol. The molecule has 0 aromatic heterocycles. The van der Waals surface area contributed by atoms with Crippen LogP contribution in [0.15, 0.2) is 67.3 Å². The fraction of sp³-hybridized carbons (Fsp3) is 0.300. The quantitative estimate of drug-likeness (QED) is 0.138. The Hall–Kier alpha value is -3.54. The van der Waals surface area contributed by atoms with E-state index >= 15 is 4.39 Å². The van der Waals surface area contributed by atoms with Crippen LogP contribution in [0, 0.1) is 30.3 Å². The van der Waals surface area contributed by atoms with Gasteiger partial charge < -0.3 is 9.47 Å². The van der Waals surface area contributed by atoms with Crippen molar-refractivity contribution in [2.24, 2.45) is 5.92 Å². The second-order valence-electron chi connectivity index (χ2n) is 9.18. The van der Waals surface area contributed by atoms with E-state index < -0.39 is 23.4 Å². The largest absolute Gasteiger partial charge is 0.490 e. The zero-order chi connectivity index (χ0) is 25.7. The van der Waals surface area contributed by atoms with Gasteiger partial charge in [-0.3, -0.25) is 4.79 Å². The average Bonchev–Trinajstić information content (AvgIpc) is 2.88. The number of hydrogen-bond acceptors (Lipinski definition) is 3. The van der Waals surface area contributed by atoms with Crippen molar-refractivity contribution in [1.82, 2.24) is 0 Å². The molecule has 0 unspecified atom stereocenters. The molecule has 3 aromatic rings. The molecule has 1 aliphatic carbocycles. The van der Waals surface area contributed by atoms with E-state index in [1.165, 1.54) is 12.1 Å². The number of carbonyl (C=O) groups is 1. The van der Waals surface area contributed by atoms with E-state index in [4.69, 9.17) is 9.47 Å². The average molecular weight is 495 g/mol.